The van der Waals surface area contributed by atoms with E-state index in [2.05, 4.69) is 15.0 Å². The van der Waals surface area contributed by atoms with Crippen LogP contribution in [0.1, 0.15) is 67.8 Å². The highest BCUT2D eigenvalue weighted by molar-refractivity contribution is 6.34. The molecule has 4 rings (SSSR count). The third-order valence-electron chi connectivity index (χ3n) is 5.08. The van der Waals surface area contributed by atoms with Crippen molar-refractivity contribution in [1.29, 1.82) is 0 Å². The van der Waals surface area contributed by atoms with Crippen LogP contribution in [0.3, 0.4) is 0 Å². The Morgan fingerprint density at radius 3 is 1.78 bits per heavy atom. The Bertz CT molecular complexity index is 1770. The van der Waals surface area contributed by atoms with Crippen LogP contribution in [0.25, 0.3) is 5.82 Å². The van der Waals surface area contributed by atoms with Crippen LogP contribution < -0.4 is 11.1 Å². The Labute approximate surface area is 274 Å². The minimum atomic E-state index is -0.652. The molecular formula is C31H33Cl3N4O7. The second-order valence-electron chi connectivity index (χ2n) is 11.2. The number of carbonyl (C=O) groups is 2. The van der Waals surface area contributed by atoms with Crippen molar-refractivity contribution in [1.82, 2.24) is 19.5 Å². The number of hydrogen-bond donors (Lipinski definition) is 2. The first-order valence-electron chi connectivity index (χ1n) is 13.3. The third kappa shape index (κ3) is 12.0. The van der Waals surface area contributed by atoms with Gasteiger partial charge in [0, 0.05) is 18.0 Å². The summed E-state index contributed by atoms with van der Waals surface area (Å²) in [4.78, 5) is 56.3. The van der Waals surface area contributed by atoms with Crippen LogP contribution in [0.2, 0.25) is 15.5 Å². The molecule has 240 valence electrons. The molecule has 4 heterocycles. The minimum absolute atomic E-state index is 0.00694. The second kappa shape index (κ2) is 15.7. The van der Waals surface area contributed by atoms with Crippen molar-refractivity contribution in [2.24, 2.45) is 0 Å². The maximum atomic E-state index is 12.0. The number of pyridine rings is 4. The number of aromatic nitrogens is 4. The summed E-state index contributed by atoms with van der Waals surface area (Å²) in [6.45, 7) is 12.3. The van der Waals surface area contributed by atoms with Gasteiger partial charge < -0.3 is 19.6 Å². The normalized spacial score (nSPS) is 10.9. The third-order valence-corrected chi connectivity index (χ3v) is 5.86. The first-order valence-corrected chi connectivity index (χ1v) is 14.4. The zero-order valence-electron chi connectivity index (χ0n) is 25.6. The molecule has 0 bridgehead atoms. The van der Waals surface area contributed by atoms with Gasteiger partial charge in [-0.2, -0.15) is 0 Å². The van der Waals surface area contributed by atoms with E-state index in [0.717, 1.165) is 10.1 Å². The van der Waals surface area contributed by atoms with Gasteiger partial charge in [-0.1, -0.05) is 40.9 Å². The number of hydrogen-bond acceptors (Lipinski definition) is 9. The van der Waals surface area contributed by atoms with Crippen molar-refractivity contribution < 1.29 is 24.2 Å². The van der Waals surface area contributed by atoms with Gasteiger partial charge in [-0.05, 0) is 90.9 Å². The molecule has 11 nitrogen and oxygen atoms in total. The zero-order chi connectivity index (χ0) is 34.1. The summed E-state index contributed by atoms with van der Waals surface area (Å²) in [7, 11) is 0. The van der Waals surface area contributed by atoms with Crippen LogP contribution in [-0.2, 0) is 9.47 Å². The highest BCUT2D eigenvalue weighted by Crippen LogP contribution is 2.21. The SMILES string of the molecule is CC(C)(C)OC(=O)c1ccc(-n2cccc(O)c2=O)nc1Cl.CC(C)(C)OC(=O)c1ccc(Cl)nc1Cl.Cc1ccc[nH]c1=O. The molecule has 0 radical (unpaired) electrons. The number of esters is 2. The Kier molecular flexibility index (Phi) is 12.9. The van der Waals surface area contributed by atoms with Gasteiger partial charge in [0.25, 0.3) is 11.1 Å². The number of carbonyl (C=O) groups excluding carboxylic acids is 2. The van der Waals surface area contributed by atoms with Gasteiger partial charge in [0.1, 0.15) is 32.5 Å². The quantitative estimate of drug-likeness (QED) is 0.181. The van der Waals surface area contributed by atoms with Gasteiger partial charge in [-0.15, -0.1) is 0 Å². The minimum Gasteiger partial charge on any atom is -0.503 e. The number of rotatable bonds is 3. The van der Waals surface area contributed by atoms with Gasteiger partial charge in [-0.3, -0.25) is 14.2 Å². The van der Waals surface area contributed by atoms with E-state index in [4.69, 9.17) is 44.3 Å². The molecule has 0 aliphatic rings. The molecule has 0 amide bonds. The first kappa shape index (κ1) is 37.0. The van der Waals surface area contributed by atoms with Gasteiger partial charge in [0.15, 0.2) is 5.75 Å². The molecule has 14 heteroatoms. The molecule has 45 heavy (non-hydrogen) atoms. The number of H-pyrrole nitrogens is 1. The fraction of sp³-hybridized carbons (Fsp3) is 0.290. The van der Waals surface area contributed by atoms with Crippen LogP contribution in [0, 0.1) is 6.92 Å². The van der Waals surface area contributed by atoms with E-state index in [0.29, 0.717) is 0 Å². The molecule has 4 aromatic rings. The lowest BCUT2D eigenvalue weighted by Crippen LogP contribution is -2.24. The summed E-state index contributed by atoms with van der Waals surface area (Å²) >= 11 is 17.4. The molecule has 0 atom stereocenters. The van der Waals surface area contributed by atoms with Gasteiger partial charge in [-0.25, -0.2) is 19.6 Å². The Hall–Kier alpha value is -4.19. The average Bonchev–Trinajstić information content (AvgIpc) is 2.90. The standard InChI is InChI=1S/C15H15ClN2O4.C10H11Cl2NO2.C6H7NO/c1-15(2,3)22-14(21)9-6-7-11(17-12(9)16)18-8-4-5-10(19)13(18)20;1-10(2,3)15-9(14)6-4-5-7(11)13-8(6)12;1-5-3-2-4-7-6(5)8/h4-8,19H,1-3H3;4-5H,1-3H3;2-4H,1H3,(H,7,8). The monoisotopic (exact) mass is 678 g/mol. The Morgan fingerprint density at radius 2 is 1.33 bits per heavy atom. The number of aryl methyl sites for hydroxylation is 1. The molecule has 0 fully saturated rings. The fourth-order valence-corrected chi connectivity index (χ4v) is 3.76. The van der Waals surface area contributed by atoms with Crippen molar-refractivity contribution in [2.75, 3.05) is 0 Å². The van der Waals surface area contributed by atoms with E-state index >= 15 is 0 Å². The van der Waals surface area contributed by atoms with E-state index < -0.39 is 34.4 Å². The fourth-order valence-electron chi connectivity index (χ4n) is 3.11. The summed E-state index contributed by atoms with van der Waals surface area (Å²) < 4.78 is 11.5. The van der Waals surface area contributed by atoms with Crippen LogP contribution in [0.15, 0.2) is 70.5 Å². The molecule has 2 N–H and O–H groups in total. The number of nitrogens with one attached hydrogen (secondary N) is 1. The van der Waals surface area contributed by atoms with E-state index in [1.54, 1.807) is 66.8 Å². The van der Waals surface area contributed by atoms with Crippen LogP contribution in [0.4, 0.5) is 0 Å². The van der Waals surface area contributed by atoms with Crippen molar-refractivity contribution in [2.45, 2.75) is 59.7 Å². The highest BCUT2D eigenvalue weighted by atomic mass is 35.5. The number of halogens is 3. The van der Waals surface area contributed by atoms with Crippen LogP contribution in [0.5, 0.6) is 5.75 Å². The first-order chi connectivity index (χ1) is 20.8. The summed E-state index contributed by atoms with van der Waals surface area (Å²) in [5, 5.41) is 9.65. The predicted molar refractivity (Wildman–Crippen MR) is 173 cm³/mol. The van der Waals surface area contributed by atoms with E-state index in [9.17, 15) is 24.3 Å². The molecule has 0 saturated carbocycles. The molecule has 0 unspecified atom stereocenters. The van der Waals surface area contributed by atoms with Crippen LogP contribution in [-0.4, -0.2) is 47.8 Å². The summed E-state index contributed by atoms with van der Waals surface area (Å²) in [6, 6.07) is 12.2. The number of ether oxygens (including phenoxy) is 2. The number of nitrogens with zero attached hydrogens (tertiary/aromatic N) is 3. The molecule has 0 spiro atoms. The molecular weight excluding hydrogens is 647 g/mol. The van der Waals surface area contributed by atoms with Gasteiger partial charge in [0.2, 0.25) is 0 Å². The zero-order valence-corrected chi connectivity index (χ0v) is 27.9. The van der Waals surface area contributed by atoms with Crippen molar-refractivity contribution in [3.05, 3.63) is 114 Å². The van der Waals surface area contributed by atoms with Crippen LogP contribution >= 0.6 is 34.8 Å². The molecule has 0 aliphatic carbocycles. The van der Waals surface area contributed by atoms with Gasteiger partial charge >= 0.3 is 11.9 Å². The van der Waals surface area contributed by atoms with E-state index in [1.807, 2.05) is 0 Å². The lowest BCUT2D eigenvalue weighted by Gasteiger charge is -2.19. The summed E-state index contributed by atoms with van der Waals surface area (Å²) in [5.41, 5.74) is -0.762. The predicted octanol–water partition coefficient (Wildman–Crippen LogP) is 6.57. The van der Waals surface area contributed by atoms with Crippen molar-refractivity contribution in [3.8, 4) is 11.6 Å². The summed E-state index contributed by atoms with van der Waals surface area (Å²) in [6.07, 6.45) is 3.06. The Morgan fingerprint density at radius 1 is 0.800 bits per heavy atom. The maximum absolute atomic E-state index is 12.0. The lowest BCUT2D eigenvalue weighted by atomic mass is 10.2. The summed E-state index contributed by atoms with van der Waals surface area (Å²) in [5.74, 6) is -1.31. The molecule has 4 aromatic heterocycles. The highest BCUT2D eigenvalue weighted by Gasteiger charge is 2.22. The molecule has 0 saturated heterocycles. The topological polar surface area (TPSA) is 153 Å². The molecule has 0 aromatic carbocycles. The Balaban J connectivity index is 0.000000263. The van der Waals surface area contributed by atoms with Crippen molar-refractivity contribution in [3.63, 3.8) is 0 Å². The lowest BCUT2D eigenvalue weighted by molar-refractivity contribution is 0.00567. The van der Waals surface area contributed by atoms with E-state index in [1.165, 1.54) is 42.6 Å². The largest absolute Gasteiger partial charge is 0.503 e. The van der Waals surface area contributed by atoms with Gasteiger partial charge in [0.05, 0.1) is 11.1 Å². The van der Waals surface area contributed by atoms with E-state index in [-0.39, 0.29) is 38.0 Å². The smallest absolute Gasteiger partial charge is 0.341 e. The number of aromatic hydroxyl groups is 1. The second-order valence-corrected chi connectivity index (χ2v) is 12.3. The molecule has 0 aliphatic heterocycles. The number of aromatic amines is 1. The average molecular weight is 680 g/mol. The maximum Gasteiger partial charge on any atom is 0.341 e. The van der Waals surface area contributed by atoms with Crippen molar-refractivity contribution >= 4 is 46.7 Å².